The van der Waals surface area contributed by atoms with E-state index in [2.05, 4.69) is 40.5 Å². The van der Waals surface area contributed by atoms with E-state index in [4.69, 9.17) is 4.99 Å². The molecule has 0 saturated carbocycles. The molecular formula is C23H26ClFN4OS. The van der Waals surface area contributed by atoms with Crippen LogP contribution in [0.4, 0.5) is 14.9 Å². The quantitative estimate of drug-likeness (QED) is 0.490. The van der Waals surface area contributed by atoms with E-state index in [1.165, 1.54) is 29.5 Å². The number of nitrogens with zero attached hydrogens (tertiary/aromatic N) is 3. The van der Waals surface area contributed by atoms with Gasteiger partial charge < -0.3 is 4.90 Å². The molecule has 2 aromatic rings. The van der Waals surface area contributed by atoms with Gasteiger partial charge in [0.15, 0.2) is 0 Å². The Balaban J connectivity index is 0.00000272. The lowest BCUT2D eigenvalue weighted by atomic mass is 9.95. The first-order valence-electron chi connectivity index (χ1n) is 10.4. The Morgan fingerprint density at radius 2 is 2.03 bits per heavy atom. The summed E-state index contributed by atoms with van der Waals surface area (Å²) in [6, 6.07) is 12.9. The first-order valence-corrected chi connectivity index (χ1v) is 11.2. The van der Waals surface area contributed by atoms with Gasteiger partial charge in [-0.05, 0) is 73.7 Å². The number of fused-ring (bicyclic) bond motifs is 1. The maximum Gasteiger partial charge on any atom is 0.299 e. The summed E-state index contributed by atoms with van der Waals surface area (Å²) in [6.45, 7) is 5.60. The molecule has 0 fully saturated rings. The minimum atomic E-state index is -0.248. The van der Waals surface area contributed by atoms with Crippen LogP contribution in [-0.2, 0) is 6.42 Å². The number of amides is 1. The fourth-order valence-electron chi connectivity index (χ4n) is 3.97. The van der Waals surface area contributed by atoms with E-state index in [0.29, 0.717) is 6.54 Å². The zero-order valence-corrected chi connectivity index (χ0v) is 19.2. The highest BCUT2D eigenvalue weighted by Gasteiger charge is 2.27. The number of carbonyl (C=O) groups excluding carboxylic acids is 1. The highest BCUT2D eigenvalue weighted by Crippen LogP contribution is 2.32. The molecule has 164 valence electrons. The lowest BCUT2D eigenvalue weighted by Gasteiger charge is -2.33. The number of hydrazone groups is 1. The molecule has 0 bridgehead atoms. The van der Waals surface area contributed by atoms with Crippen LogP contribution in [0.25, 0.3) is 0 Å². The van der Waals surface area contributed by atoms with Crippen molar-refractivity contribution in [3.8, 4) is 0 Å². The highest BCUT2D eigenvalue weighted by atomic mass is 35.5. The zero-order chi connectivity index (χ0) is 21.1. The van der Waals surface area contributed by atoms with Gasteiger partial charge in [0.05, 0.1) is 11.0 Å². The van der Waals surface area contributed by atoms with Gasteiger partial charge in [0.1, 0.15) is 11.7 Å². The average Bonchev–Trinajstić information content (AvgIpc) is 2.77. The molecule has 1 N–H and O–H groups in total. The van der Waals surface area contributed by atoms with E-state index in [-0.39, 0.29) is 28.7 Å². The van der Waals surface area contributed by atoms with Crippen molar-refractivity contribution >= 4 is 46.6 Å². The highest BCUT2D eigenvalue weighted by molar-refractivity contribution is 8.14. The summed E-state index contributed by atoms with van der Waals surface area (Å²) >= 11 is 1.30. The number of amidine groups is 1. The molecule has 2 aromatic carbocycles. The fraction of sp³-hybridized carbons (Fsp3) is 0.348. The zero-order valence-electron chi connectivity index (χ0n) is 17.6. The van der Waals surface area contributed by atoms with Crippen LogP contribution in [-0.4, -0.2) is 35.1 Å². The number of rotatable bonds is 4. The number of aryl methyl sites for hydroxylation is 1. The first-order chi connectivity index (χ1) is 14.6. The van der Waals surface area contributed by atoms with Gasteiger partial charge >= 0.3 is 0 Å². The van der Waals surface area contributed by atoms with Crippen molar-refractivity contribution in [1.82, 2.24) is 5.43 Å². The van der Waals surface area contributed by atoms with Gasteiger partial charge in [-0.3, -0.25) is 9.79 Å². The molecular weight excluding hydrogens is 435 g/mol. The molecule has 0 aromatic heterocycles. The van der Waals surface area contributed by atoms with Crippen molar-refractivity contribution in [1.29, 1.82) is 0 Å². The van der Waals surface area contributed by atoms with Crippen LogP contribution < -0.4 is 10.3 Å². The van der Waals surface area contributed by atoms with Gasteiger partial charge in [0.25, 0.3) is 5.24 Å². The molecule has 8 heteroatoms. The van der Waals surface area contributed by atoms with Crippen molar-refractivity contribution in [2.45, 2.75) is 38.4 Å². The number of hydrogen-bond donors (Lipinski definition) is 1. The molecule has 5 nitrogen and oxygen atoms in total. The van der Waals surface area contributed by atoms with E-state index >= 15 is 0 Å². The summed E-state index contributed by atoms with van der Waals surface area (Å²) in [7, 11) is 0. The fourth-order valence-corrected chi connectivity index (χ4v) is 4.80. The average molecular weight is 461 g/mol. The van der Waals surface area contributed by atoms with E-state index in [0.717, 1.165) is 54.2 Å². The van der Waals surface area contributed by atoms with Crippen molar-refractivity contribution in [2.24, 2.45) is 10.1 Å². The lowest BCUT2D eigenvalue weighted by molar-refractivity contribution is 0.260. The largest absolute Gasteiger partial charge is 0.326 e. The molecule has 0 aliphatic carbocycles. The minimum absolute atomic E-state index is 0. The van der Waals surface area contributed by atoms with Crippen LogP contribution in [0.5, 0.6) is 0 Å². The molecule has 2 aliphatic rings. The SMILES string of the molecule is CCN=C(c1ccc(F)cc1)N1CCCc2cc(C3=NNC(=O)SC3CC)ccc21.Cl. The number of anilines is 1. The summed E-state index contributed by atoms with van der Waals surface area (Å²) in [5.41, 5.74) is 7.84. The maximum atomic E-state index is 13.4. The van der Waals surface area contributed by atoms with Crippen LogP contribution in [0.15, 0.2) is 52.6 Å². The number of halogens is 2. The Kier molecular flexibility index (Phi) is 7.73. The van der Waals surface area contributed by atoms with E-state index in [1.807, 2.05) is 6.92 Å². The first kappa shape index (κ1) is 23.3. The second-order valence-corrected chi connectivity index (χ2v) is 8.49. The summed E-state index contributed by atoms with van der Waals surface area (Å²) in [5.74, 6) is 0.623. The molecule has 0 radical (unpaired) electrons. The predicted molar refractivity (Wildman–Crippen MR) is 130 cm³/mol. The van der Waals surface area contributed by atoms with E-state index in [9.17, 15) is 9.18 Å². The number of thioether (sulfide) groups is 1. The van der Waals surface area contributed by atoms with Crippen LogP contribution >= 0.6 is 24.2 Å². The molecule has 4 rings (SSSR count). The van der Waals surface area contributed by atoms with E-state index in [1.54, 1.807) is 12.1 Å². The van der Waals surface area contributed by atoms with Gasteiger partial charge in [-0.2, -0.15) is 5.10 Å². The van der Waals surface area contributed by atoms with Crippen molar-refractivity contribution in [3.05, 3.63) is 65.0 Å². The lowest BCUT2D eigenvalue weighted by Crippen LogP contribution is -2.37. The molecule has 0 spiro atoms. The second-order valence-electron chi connectivity index (χ2n) is 7.31. The monoisotopic (exact) mass is 460 g/mol. The van der Waals surface area contributed by atoms with Crippen LogP contribution in [0.2, 0.25) is 0 Å². The third kappa shape index (κ3) is 4.93. The number of hydrogen-bond acceptors (Lipinski definition) is 4. The van der Waals surface area contributed by atoms with Gasteiger partial charge in [-0.15, -0.1) is 12.4 Å². The molecule has 31 heavy (non-hydrogen) atoms. The maximum absolute atomic E-state index is 13.4. The summed E-state index contributed by atoms with van der Waals surface area (Å²) in [4.78, 5) is 18.6. The molecule has 2 aliphatic heterocycles. The van der Waals surface area contributed by atoms with Crippen LogP contribution in [0, 0.1) is 5.82 Å². The van der Waals surface area contributed by atoms with Crippen molar-refractivity contribution in [3.63, 3.8) is 0 Å². The van der Waals surface area contributed by atoms with Crippen LogP contribution in [0.1, 0.15) is 43.4 Å². The molecule has 1 atom stereocenters. The Hall–Kier alpha value is -2.38. The van der Waals surface area contributed by atoms with Gasteiger partial charge in [0.2, 0.25) is 0 Å². The number of carbonyl (C=O) groups is 1. The topological polar surface area (TPSA) is 57.1 Å². The Bertz CT molecular complexity index is 1010. The minimum Gasteiger partial charge on any atom is -0.326 e. The summed E-state index contributed by atoms with van der Waals surface area (Å²) in [5, 5.41) is 4.31. The molecule has 2 heterocycles. The summed E-state index contributed by atoms with van der Waals surface area (Å²) < 4.78 is 13.4. The third-order valence-corrected chi connectivity index (χ3v) is 6.50. The van der Waals surface area contributed by atoms with Crippen molar-refractivity contribution < 1.29 is 9.18 Å². The standard InChI is InChI=1S/C23H25FN4OS.ClH/c1-3-20-21(26-27-23(29)30-20)17-9-12-19-16(14-17)6-5-13-28(19)22(25-4-2)15-7-10-18(24)11-8-15;/h7-12,14,20H,3-6,13H2,1-2H3,(H,27,29);1H. The molecule has 1 unspecified atom stereocenters. The number of benzene rings is 2. The number of nitrogens with one attached hydrogen (secondary N) is 1. The smallest absolute Gasteiger partial charge is 0.299 e. The Labute approximate surface area is 192 Å². The third-order valence-electron chi connectivity index (χ3n) is 5.35. The molecule has 0 saturated heterocycles. The normalized spacial score (nSPS) is 18.6. The Morgan fingerprint density at radius 3 is 2.74 bits per heavy atom. The van der Waals surface area contributed by atoms with Gasteiger partial charge in [-0.25, -0.2) is 9.82 Å². The summed E-state index contributed by atoms with van der Waals surface area (Å²) in [6.07, 6.45) is 2.83. The van der Waals surface area contributed by atoms with Crippen LogP contribution in [0.3, 0.4) is 0 Å². The Morgan fingerprint density at radius 1 is 1.26 bits per heavy atom. The van der Waals surface area contributed by atoms with E-state index < -0.39 is 0 Å². The number of aliphatic imine (C=N–C) groups is 1. The second kappa shape index (κ2) is 10.3. The predicted octanol–water partition coefficient (Wildman–Crippen LogP) is 5.41. The van der Waals surface area contributed by atoms with Gasteiger partial charge in [-0.1, -0.05) is 24.8 Å². The van der Waals surface area contributed by atoms with Gasteiger partial charge in [0, 0.05) is 24.3 Å². The van der Waals surface area contributed by atoms with Crippen molar-refractivity contribution in [2.75, 3.05) is 18.0 Å². The molecule has 1 amide bonds.